The molecule has 0 saturated heterocycles. The summed E-state index contributed by atoms with van der Waals surface area (Å²) in [5, 5.41) is 17.6. The Hall–Kier alpha value is 0.537. The van der Waals surface area contributed by atoms with E-state index in [1.807, 2.05) is 0 Å². The molecule has 4 nitrogen and oxygen atoms in total. The van der Waals surface area contributed by atoms with E-state index in [1.54, 1.807) is 20.8 Å². The fourth-order valence-corrected chi connectivity index (χ4v) is 1.30. The molecule has 0 aliphatic rings. The van der Waals surface area contributed by atoms with Crippen LogP contribution in [-0.2, 0) is 9.59 Å². The van der Waals surface area contributed by atoms with Gasteiger partial charge in [-0.15, -0.1) is 0 Å². The van der Waals surface area contributed by atoms with Crippen LogP contribution in [0.25, 0.3) is 0 Å². The second kappa shape index (κ2) is 7.78. The van der Waals surface area contributed by atoms with E-state index >= 15 is 0 Å². The van der Waals surface area contributed by atoms with Gasteiger partial charge < -0.3 is 13.1 Å². The second-order valence-electron chi connectivity index (χ2n) is 3.09. The average Bonchev–Trinajstić information content (AvgIpc) is 1.86. The van der Waals surface area contributed by atoms with E-state index in [9.17, 15) is 9.59 Å². The molecule has 0 fully saturated rings. The van der Waals surface area contributed by atoms with Crippen LogP contribution in [0.4, 0.5) is 0 Å². The molecule has 0 unspecified atom stereocenters. The first-order chi connectivity index (χ1) is 5.39. The summed E-state index contributed by atoms with van der Waals surface area (Å²) in [6.45, 7) is 4.78. The number of carbonyl (C=O) groups is 2. The Bertz CT molecular complexity index is 200. The minimum absolute atomic E-state index is 0. The topological polar surface area (TPSA) is 74.6 Å². The van der Waals surface area contributed by atoms with Crippen LogP contribution in [0.5, 0.6) is 0 Å². The van der Waals surface area contributed by atoms with Crippen LogP contribution in [0.3, 0.4) is 0 Å². The summed E-state index contributed by atoms with van der Waals surface area (Å²) in [6, 6.07) is 0. The Morgan fingerprint density at radius 3 is 1.57 bits per heavy atom. The van der Waals surface area contributed by atoms with Crippen LogP contribution >= 0.6 is 0 Å². The van der Waals surface area contributed by atoms with Gasteiger partial charge in [0.15, 0.2) is 5.41 Å². The molecule has 6 heteroatoms. The monoisotopic (exact) mass is 206 g/mol. The largest absolute Gasteiger partial charge is 1.00 e. The normalized spacial score (nSPS) is 10.0. The molecule has 0 atom stereocenters. The molecule has 0 aromatic heterocycles. The van der Waals surface area contributed by atoms with Gasteiger partial charge in [0, 0.05) is 0 Å². The Balaban J connectivity index is -0.000000101. The fraction of sp³-hybridized carbons (Fsp3) is 0.750. The Labute approximate surface area is 121 Å². The second-order valence-corrected chi connectivity index (χ2v) is 3.09. The van der Waals surface area contributed by atoms with Gasteiger partial charge in [0.2, 0.25) is 0 Å². The molecule has 0 radical (unpaired) electrons. The Kier molecular flexibility index (Phi) is 11.1. The third-order valence-corrected chi connectivity index (χ3v) is 2.31. The average molecular weight is 206 g/mol. The molecular formula is C8H16LiNaO4. The van der Waals surface area contributed by atoms with Crippen molar-refractivity contribution >= 4 is 11.9 Å². The standard InChI is InChI=1S/C8H14O4.Li.Na.2H/c1-4-8(5(2)3,6(9)10)7(11)12;;;;/h5H,4H2,1-3H3,(H,9,10)(H,11,12);;;;/q;2*+1;2*-1. The van der Waals surface area contributed by atoms with Gasteiger partial charge in [-0.1, -0.05) is 20.8 Å². The van der Waals surface area contributed by atoms with E-state index in [4.69, 9.17) is 10.2 Å². The predicted octanol–water partition coefficient (Wildman–Crippen LogP) is -4.56. The zero-order valence-corrected chi connectivity index (χ0v) is 11.5. The summed E-state index contributed by atoms with van der Waals surface area (Å²) in [4.78, 5) is 21.5. The van der Waals surface area contributed by atoms with E-state index in [0.29, 0.717) is 0 Å². The number of hydrogen-bond donors (Lipinski definition) is 2. The maximum Gasteiger partial charge on any atom is 1.00 e. The van der Waals surface area contributed by atoms with Gasteiger partial charge in [-0.25, -0.2) is 0 Å². The number of carboxylic acids is 2. The first kappa shape index (κ1) is 20.0. The van der Waals surface area contributed by atoms with Crippen molar-refractivity contribution in [1.82, 2.24) is 0 Å². The van der Waals surface area contributed by atoms with E-state index in [-0.39, 0.29) is 57.7 Å². The van der Waals surface area contributed by atoms with Crippen LogP contribution in [0, 0.1) is 11.3 Å². The summed E-state index contributed by atoms with van der Waals surface area (Å²) in [5.74, 6) is -2.92. The predicted molar refractivity (Wildman–Crippen MR) is 45.1 cm³/mol. The van der Waals surface area contributed by atoms with E-state index in [0.717, 1.165) is 0 Å². The smallest absolute Gasteiger partial charge is 1.00 e. The van der Waals surface area contributed by atoms with Crippen molar-refractivity contribution in [3.05, 3.63) is 0 Å². The van der Waals surface area contributed by atoms with Crippen LogP contribution in [0.2, 0.25) is 0 Å². The Morgan fingerprint density at radius 1 is 1.29 bits per heavy atom. The van der Waals surface area contributed by atoms with Crippen molar-refractivity contribution < 1.29 is 71.1 Å². The third-order valence-electron chi connectivity index (χ3n) is 2.31. The first-order valence-corrected chi connectivity index (χ1v) is 3.86. The van der Waals surface area contributed by atoms with Gasteiger partial charge in [0.05, 0.1) is 0 Å². The third kappa shape index (κ3) is 3.60. The molecule has 0 aromatic rings. The molecule has 0 bridgehead atoms. The molecule has 14 heavy (non-hydrogen) atoms. The molecule has 0 heterocycles. The zero-order chi connectivity index (χ0) is 9.94. The maximum absolute atomic E-state index is 10.8. The quantitative estimate of drug-likeness (QED) is 0.359. The van der Waals surface area contributed by atoms with Gasteiger partial charge in [-0.2, -0.15) is 0 Å². The van der Waals surface area contributed by atoms with Crippen molar-refractivity contribution in [2.45, 2.75) is 27.2 Å². The van der Waals surface area contributed by atoms with E-state index in [1.165, 1.54) is 0 Å². The van der Waals surface area contributed by atoms with Crippen LogP contribution in [-0.4, -0.2) is 22.2 Å². The number of aliphatic carboxylic acids is 2. The molecule has 0 amide bonds. The van der Waals surface area contributed by atoms with Crippen LogP contribution in [0.1, 0.15) is 30.0 Å². The number of carboxylic acid groups (broad SMARTS) is 2. The number of rotatable bonds is 4. The van der Waals surface area contributed by atoms with Gasteiger partial charge in [0.1, 0.15) is 0 Å². The van der Waals surface area contributed by atoms with Crippen molar-refractivity contribution in [2.75, 3.05) is 0 Å². The van der Waals surface area contributed by atoms with E-state index in [2.05, 4.69) is 0 Å². The molecule has 0 spiro atoms. The van der Waals surface area contributed by atoms with Crippen LogP contribution in [0.15, 0.2) is 0 Å². The molecule has 0 aliphatic carbocycles. The van der Waals surface area contributed by atoms with Crippen molar-refractivity contribution in [3.8, 4) is 0 Å². The molecule has 0 aliphatic heterocycles. The first-order valence-electron chi connectivity index (χ1n) is 3.86. The molecule has 0 saturated carbocycles. The van der Waals surface area contributed by atoms with Gasteiger partial charge in [-0.05, 0) is 12.3 Å². The minimum Gasteiger partial charge on any atom is -1.00 e. The van der Waals surface area contributed by atoms with Gasteiger partial charge >= 0.3 is 60.4 Å². The SMILES string of the molecule is CCC(C(=O)O)(C(=O)O)C(C)C.[H-].[H-].[Li+].[Na+]. The summed E-state index contributed by atoms with van der Waals surface area (Å²) in [5.41, 5.74) is -1.63. The van der Waals surface area contributed by atoms with Gasteiger partial charge in [0.25, 0.3) is 0 Å². The fourth-order valence-electron chi connectivity index (χ4n) is 1.30. The maximum atomic E-state index is 10.8. The van der Waals surface area contributed by atoms with Crippen LogP contribution < -0.4 is 48.4 Å². The zero-order valence-electron chi connectivity index (χ0n) is 11.5. The van der Waals surface area contributed by atoms with Crippen molar-refractivity contribution in [1.29, 1.82) is 0 Å². The molecule has 0 aromatic carbocycles. The molecule has 2 N–H and O–H groups in total. The molecule has 0 rings (SSSR count). The molecule has 74 valence electrons. The Morgan fingerprint density at radius 2 is 1.57 bits per heavy atom. The summed E-state index contributed by atoms with van der Waals surface area (Å²) < 4.78 is 0. The summed E-state index contributed by atoms with van der Waals surface area (Å²) >= 11 is 0. The summed E-state index contributed by atoms with van der Waals surface area (Å²) in [7, 11) is 0. The number of hydrogen-bond acceptors (Lipinski definition) is 2. The summed E-state index contributed by atoms with van der Waals surface area (Å²) in [6.07, 6.45) is 0.106. The van der Waals surface area contributed by atoms with Gasteiger partial charge in [-0.3, -0.25) is 9.59 Å². The molecular weight excluding hydrogens is 190 g/mol. The minimum atomic E-state index is -1.63. The van der Waals surface area contributed by atoms with Crippen molar-refractivity contribution in [2.24, 2.45) is 11.3 Å². The van der Waals surface area contributed by atoms with E-state index < -0.39 is 23.3 Å². The van der Waals surface area contributed by atoms with Crippen molar-refractivity contribution in [3.63, 3.8) is 0 Å².